The van der Waals surface area contributed by atoms with Crippen LogP contribution < -0.4 is 5.43 Å². The van der Waals surface area contributed by atoms with Crippen molar-refractivity contribution in [2.75, 3.05) is 0 Å². The van der Waals surface area contributed by atoms with Crippen molar-refractivity contribution in [3.63, 3.8) is 0 Å². The zero-order valence-corrected chi connectivity index (χ0v) is 11.5. The van der Waals surface area contributed by atoms with Crippen LogP contribution in [0.4, 0.5) is 0 Å². The standard InChI is InChI=1S/C14H14ClN3O/c1-10-5-6-12(13(15)8-10)14(19)17-16-9-11-4-3-7-18(11)2/h3-9H,1-2H3,(H,17,19)/b16-9+. The molecule has 0 bridgehead atoms. The SMILES string of the molecule is Cc1ccc(C(=O)N/N=C/c2cccn2C)c(Cl)c1. The van der Waals surface area contributed by atoms with Gasteiger partial charge in [-0.25, -0.2) is 5.43 Å². The van der Waals surface area contributed by atoms with E-state index in [4.69, 9.17) is 11.6 Å². The zero-order chi connectivity index (χ0) is 13.8. The van der Waals surface area contributed by atoms with Gasteiger partial charge in [-0.1, -0.05) is 17.7 Å². The minimum Gasteiger partial charge on any atom is -0.350 e. The summed E-state index contributed by atoms with van der Waals surface area (Å²) in [4.78, 5) is 11.9. The molecule has 98 valence electrons. The number of halogens is 1. The molecule has 0 spiro atoms. The van der Waals surface area contributed by atoms with Gasteiger partial charge in [-0.15, -0.1) is 0 Å². The maximum absolute atomic E-state index is 11.9. The molecule has 0 atom stereocenters. The van der Waals surface area contributed by atoms with Gasteiger partial charge in [0.2, 0.25) is 0 Å². The van der Waals surface area contributed by atoms with E-state index in [-0.39, 0.29) is 5.91 Å². The van der Waals surface area contributed by atoms with Crippen molar-refractivity contribution in [2.24, 2.45) is 12.1 Å². The topological polar surface area (TPSA) is 46.4 Å². The summed E-state index contributed by atoms with van der Waals surface area (Å²) in [5, 5.41) is 4.33. The van der Waals surface area contributed by atoms with Crippen molar-refractivity contribution in [3.05, 3.63) is 58.4 Å². The first-order chi connectivity index (χ1) is 9.08. The second-order valence-electron chi connectivity index (χ2n) is 4.23. The molecule has 4 nitrogen and oxygen atoms in total. The molecule has 0 aliphatic rings. The number of amides is 1. The summed E-state index contributed by atoms with van der Waals surface area (Å²) in [6, 6.07) is 9.07. The fraction of sp³-hybridized carbons (Fsp3) is 0.143. The number of hydrogen-bond donors (Lipinski definition) is 1. The molecule has 2 aromatic rings. The number of rotatable bonds is 3. The Labute approximate surface area is 116 Å². The first-order valence-electron chi connectivity index (χ1n) is 5.79. The molecule has 0 radical (unpaired) electrons. The Morgan fingerprint density at radius 3 is 2.84 bits per heavy atom. The smallest absolute Gasteiger partial charge is 0.272 e. The maximum atomic E-state index is 11.9. The van der Waals surface area contributed by atoms with Gasteiger partial charge in [-0.2, -0.15) is 5.10 Å². The Hall–Kier alpha value is -2.07. The number of hydrazone groups is 1. The molecule has 0 saturated carbocycles. The van der Waals surface area contributed by atoms with Crippen LogP contribution in [0.2, 0.25) is 5.02 Å². The van der Waals surface area contributed by atoms with Gasteiger partial charge in [0.25, 0.3) is 5.91 Å². The summed E-state index contributed by atoms with van der Waals surface area (Å²) < 4.78 is 1.90. The third kappa shape index (κ3) is 3.23. The largest absolute Gasteiger partial charge is 0.350 e. The highest BCUT2D eigenvalue weighted by atomic mass is 35.5. The average Bonchev–Trinajstić information content (AvgIpc) is 2.75. The van der Waals surface area contributed by atoms with Gasteiger partial charge in [0.15, 0.2) is 0 Å². The minimum absolute atomic E-state index is 0.324. The number of carbonyl (C=O) groups excluding carboxylic acids is 1. The minimum atomic E-state index is -0.324. The molecule has 0 aliphatic heterocycles. The maximum Gasteiger partial charge on any atom is 0.272 e. The van der Waals surface area contributed by atoms with Crippen LogP contribution in [0.25, 0.3) is 0 Å². The number of aryl methyl sites for hydroxylation is 2. The van der Waals surface area contributed by atoms with Gasteiger partial charge in [-0.3, -0.25) is 4.79 Å². The Balaban J connectivity index is 2.06. The van der Waals surface area contributed by atoms with E-state index in [1.54, 1.807) is 18.3 Å². The predicted molar refractivity (Wildman–Crippen MR) is 76.7 cm³/mol. The zero-order valence-electron chi connectivity index (χ0n) is 10.7. The van der Waals surface area contributed by atoms with Crippen LogP contribution in [0.1, 0.15) is 21.6 Å². The lowest BCUT2D eigenvalue weighted by atomic mass is 10.1. The van der Waals surface area contributed by atoms with Crippen molar-refractivity contribution >= 4 is 23.7 Å². The number of nitrogens with zero attached hydrogens (tertiary/aromatic N) is 2. The molecule has 1 heterocycles. The van der Waals surface area contributed by atoms with Gasteiger partial charge in [0, 0.05) is 13.2 Å². The van der Waals surface area contributed by atoms with Crippen LogP contribution in [0.5, 0.6) is 0 Å². The van der Waals surface area contributed by atoms with Gasteiger partial charge in [-0.05, 0) is 36.8 Å². The number of hydrogen-bond acceptors (Lipinski definition) is 2. The molecular formula is C14H14ClN3O. The third-order valence-corrected chi connectivity index (χ3v) is 3.03. The molecule has 2 rings (SSSR count). The number of carbonyl (C=O) groups is 1. The first-order valence-corrected chi connectivity index (χ1v) is 6.16. The van der Waals surface area contributed by atoms with Crippen molar-refractivity contribution in [3.8, 4) is 0 Å². The van der Waals surface area contributed by atoms with Crippen LogP contribution in [0.3, 0.4) is 0 Å². The van der Waals surface area contributed by atoms with E-state index in [1.807, 2.05) is 42.9 Å². The molecule has 0 fully saturated rings. The van der Waals surface area contributed by atoms with Crippen LogP contribution in [-0.4, -0.2) is 16.7 Å². The lowest BCUT2D eigenvalue weighted by Crippen LogP contribution is -2.18. The highest BCUT2D eigenvalue weighted by Crippen LogP contribution is 2.17. The summed E-state index contributed by atoms with van der Waals surface area (Å²) >= 11 is 6.01. The molecular weight excluding hydrogens is 262 g/mol. The Kier molecular flexibility index (Phi) is 4.02. The van der Waals surface area contributed by atoms with E-state index in [2.05, 4.69) is 10.5 Å². The number of benzene rings is 1. The molecule has 19 heavy (non-hydrogen) atoms. The Morgan fingerprint density at radius 1 is 1.42 bits per heavy atom. The molecule has 0 aliphatic carbocycles. The van der Waals surface area contributed by atoms with Gasteiger partial charge < -0.3 is 4.57 Å². The third-order valence-electron chi connectivity index (χ3n) is 2.72. The van der Waals surface area contributed by atoms with Gasteiger partial charge in [0.05, 0.1) is 22.5 Å². The highest BCUT2D eigenvalue weighted by molar-refractivity contribution is 6.33. The summed E-state index contributed by atoms with van der Waals surface area (Å²) in [6.07, 6.45) is 3.49. The summed E-state index contributed by atoms with van der Waals surface area (Å²) in [7, 11) is 1.90. The summed E-state index contributed by atoms with van der Waals surface area (Å²) in [5.41, 5.74) is 4.78. The van der Waals surface area contributed by atoms with E-state index in [0.717, 1.165) is 11.3 Å². The highest BCUT2D eigenvalue weighted by Gasteiger charge is 2.08. The molecule has 5 heteroatoms. The van der Waals surface area contributed by atoms with E-state index >= 15 is 0 Å². The van der Waals surface area contributed by atoms with Crippen molar-refractivity contribution in [1.29, 1.82) is 0 Å². The lowest BCUT2D eigenvalue weighted by molar-refractivity contribution is 0.0955. The van der Waals surface area contributed by atoms with Crippen LogP contribution >= 0.6 is 11.6 Å². The second kappa shape index (κ2) is 5.71. The van der Waals surface area contributed by atoms with E-state index in [1.165, 1.54) is 0 Å². The summed E-state index contributed by atoms with van der Waals surface area (Å²) in [5.74, 6) is -0.324. The monoisotopic (exact) mass is 275 g/mol. The number of nitrogens with one attached hydrogen (secondary N) is 1. The van der Waals surface area contributed by atoms with E-state index < -0.39 is 0 Å². The average molecular weight is 276 g/mol. The molecule has 1 aromatic heterocycles. The van der Waals surface area contributed by atoms with Crippen molar-refractivity contribution < 1.29 is 4.79 Å². The second-order valence-corrected chi connectivity index (χ2v) is 4.63. The van der Waals surface area contributed by atoms with Gasteiger partial charge >= 0.3 is 0 Å². The van der Waals surface area contributed by atoms with Crippen LogP contribution in [-0.2, 0) is 7.05 Å². The fourth-order valence-electron chi connectivity index (χ4n) is 1.63. The molecule has 1 aromatic carbocycles. The summed E-state index contributed by atoms with van der Waals surface area (Å²) in [6.45, 7) is 1.92. The van der Waals surface area contributed by atoms with Crippen LogP contribution in [0.15, 0.2) is 41.6 Å². The lowest BCUT2D eigenvalue weighted by Gasteiger charge is -2.03. The molecule has 0 unspecified atom stereocenters. The molecule has 1 amide bonds. The molecule has 0 saturated heterocycles. The van der Waals surface area contributed by atoms with Crippen molar-refractivity contribution in [1.82, 2.24) is 9.99 Å². The van der Waals surface area contributed by atoms with E-state index in [9.17, 15) is 4.79 Å². The predicted octanol–water partition coefficient (Wildman–Crippen LogP) is 2.75. The van der Waals surface area contributed by atoms with E-state index in [0.29, 0.717) is 10.6 Å². The number of aromatic nitrogens is 1. The normalized spacial score (nSPS) is 10.9. The van der Waals surface area contributed by atoms with Gasteiger partial charge in [0.1, 0.15) is 0 Å². The quantitative estimate of drug-likeness (QED) is 0.679. The Morgan fingerprint density at radius 2 is 2.21 bits per heavy atom. The Bertz CT molecular complexity index is 631. The molecule has 1 N–H and O–H groups in total. The fourth-order valence-corrected chi connectivity index (χ4v) is 1.95. The van der Waals surface area contributed by atoms with Crippen LogP contribution in [0, 0.1) is 6.92 Å². The first kappa shape index (κ1) is 13.4. The van der Waals surface area contributed by atoms with Crippen molar-refractivity contribution in [2.45, 2.75) is 6.92 Å².